The summed E-state index contributed by atoms with van der Waals surface area (Å²) in [5.41, 5.74) is 4.37. The van der Waals surface area contributed by atoms with Gasteiger partial charge in [-0.15, -0.1) is 0 Å². The normalized spacial score (nSPS) is 10.7. The summed E-state index contributed by atoms with van der Waals surface area (Å²) in [7, 11) is 3.31. The molecule has 0 unspecified atom stereocenters. The fourth-order valence-electron chi connectivity index (χ4n) is 4.24. The predicted molar refractivity (Wildman–Crippen MR) is 140 cm³/mol. The van der Waals surface area contributed by atoms with Gasteiger partial charge in [0.05, 0.1) is 14.2 Å². The summed E-state index contributed by atoms with van der Waals surface area (Å²) in [6.07, 6.45) is 0.359. The van der Waals surface area contributed by atoms with Gasteiger partial charge in [0.2, 0.25) is 5.91 Å². The van der Waals surface area contributed by atoms with E-state index in [2.05, 4.69) is 24.3 Å². The van der Waals surface area contributed by atoms with E-state index in [1.165, 1.54) is 0 Å². The summed E-state index contributed by atoms with van der Waals surface area (Å²) in [5, 5.41) is 0. The molecule has 0 aromatic heterocycles. The quantitative estimate of drug-likeness (QED) is 0.270. The number of methoxy groups -OCH3 is 2. The molecule has 4 heteroatoms. The van der Waals surface area contributed by atoms with Gasteiger partial charge in [-0.1, -0.05) is 84.9 Å². The van der Waals surface area contributed by atoms with Crippen LogP contribution >= 0.6 is 0 Å². The molecular formula is C31H31NO3. The number of carbonyl (C=O) groups is 1. The van der Waals surface area contributed by atoms with Crippen molar-refractivity contribution in [3.63, 3.8) is 0 Å². The molecule has 0 saturated carbocycles. The molecule has 178 valence electrons. The van der Waals surface area contributed by atoms with Gasteiger partial charge in [0.1, 0.15) is 11.5 Å². The Labute approximate surface area is 207 Å². The second kappa shape index (κ2) is 11.9. The highest BCUT2D eigenvalue weighted by Gasteiger charge is 2.23. The van der Waals surface area contributed by atoms with Crippen molar-refractivity contribution in [2.75, 3.05) is 14.2 Å². The van der Waals surface area contributed by atoms with Gasteiger partial charge in [-0.05, 0) is 46.5 Å². The third-order valence-electron chi connectivity index (χ3n) is 6.20. The van der Waals surface area contributed by atoms with Crippen LogP contribution in [0.4, 0.5) is 0 Å². The maximum atomic E-state index is 13.8. The summed E-state index contributed by atoms with van der Waals surface area (Å²) in [6, 6.07) is 36.3. The molecule has 4 aromatic carbocycles. The van der Waals surface area contributed by atoms with E-state index in [1.807, 2.05) is 89.8 Å². The minimum Gasteiger partial charge on any atom is -0.497 e. The molecule has 0 aliphatic heterocycles. The van der Waals surface area contributed by atoms with E-state index in [-0.39, 0.29) is 11.8 Å². The standard InChI is InChI=1S/C31H31NO3/c1-34-28-17-13-26(14-18-28)30(27-15-19-29(35-2)20-16-27)21-31(33)32(22-24-9-5-3-6-10-24)23-25-11-7-4-8-12-25/h3-20,30H,21-23H2,1-2H3. The van der Waals surface area contributed by atoms with Crippen LogP contribution in [0.25, 0.3) is 0 Å². The minimum absolute atomic E-state index is 0.0895. The van der Waals surface area contributed by atoms with Crippen LogP contribution in [-0.4, -0.2) is 25.0 Å². The zero-order valence-electron chi connectivity index (χ0n) is 20.3. The number of amides is 1. The molecule has 0 bridgehead atoms. The molecule has 0 radical (unpaired) electrons. The number of nitrogens with zero attached hydrogens (tertiary/aromatic N) is 1. The fourth-order valence-corrected chi connectivity index (χ4v) is 4.24. The predicted octanol–water partition coefficient (Wildman–Crippen LogP) is 6.45. The Morgan fingerprint density at radius 2 is 1.03 bits per heavy atom. The van der Waals surface area contributed by atoms with Crippen LogP contribution in [0.5, 0.6) is 11.5 Å². The molecule has 0 atom stereocenters. The van der Waals surface area contributed by atoms with Crippen molar-refractivity contribution in [1.29, 1.82) is 0 Å². The number of hydrogen-bond acceptors (Lipinski definition) is 3. The highest BCUT2D eigenvalue weighted by Crippen LogP contribution is 2.31. The average molecular weight is 466 g/mol. The van der Waals surface area contributed by atoms with E-state index in [9.17, 15) is 4.79 Å². The molecule has 0 heterocycles. The lowest BCUT2D eigenvalue weighted by Crippen LogP contribution is -2.31. The molecule has 4 rings (SSSR count). The monoisotopic (exact) mass is 465 g/mol. The Bertz CT molecular complexity index is 1100. The number of benzene rings is 4. The van der Waals surface area contributed by atoms with Crippen molar-refractivity contribution in [2.45, 2.75) is 25.4 Å². The Kier molecular flexibility index (Phi) is 8.18. The van der Waals surface area contributed by atoms with Crippen molar-refractivity contribution in [3.05, 3.63) is 131 Å². The smallest absolute Gasteiger partial charge is 0.224 e. The summed E-state index contributed by atoms with van der Waals surface area (Å²) < 4.78 is 10.7. The highest BCUT2D eigenvalue weighted by atomic mass is 16.5. The molecule has 1 amide bonds. The number of carbonyl (C=O) groups excluding carboxylic acids is 1. The topological polar surface area (TPSA) is 38.8 Å². The van der Waals surface area contributed by atoms with E-state index in [0.29, 0.717) is 19.5 Å². The molecule has 0 spiro atoms. The molecule has 4 nitrogen and oxygen atoms in total. The first kappa shape index (κ1) is 24.1. The van der Waals surface area contributed by atoms with E-state index < -0.39 is 0 Å². The first-order valence-electron chi connectivity index (χ1n) is 11.8. The molecule has 0 aliphatic carbocycles. The van der Waals surface area contributed by atoms with Crippen LogP contribution < -0.4 is 9.47 Å². The summed E-state index contributed by atoms with van der Waals surface area (Å²) in [5.74, 6) is 1.61. The number of hydrogen-bond donors (Lipinski definition) is 0. The lowest BCUT2D eigenvalue weighted by Gasteiger charge is -2.26. The lowest BCUT2D eigenvalue weighted by molar-refractivity contribution is -0.132. The van der Waals surface area contributed by atoms with Gasteiger partial charge in [-0.2, -0.15) is 0 Å². The van der Waals surface area contributed by atoms with Crippen molar-refractivity contribution in [1.82, 2.24) is 4.90 Å². The number of ether oxygens (including phenoxy) is 2. The van der Waals surface area contributed by atoms with Crippen LogP contribution in [-0.2, 0) is 17.9 Å². The SMILES string of the molecule is COc1ccc(C(CC(=O)N(Cc2ccccc2)Cc2ccccc2)c2ccc(OC)cc2)cc1. The Morgan fingerprint density at radius 1 is 0.629 bits per heavy atom. The molecular weight excluding hydrogens is 434 g/mol. The van der Waals surface area contributed by atoms with Crippen molar-refractivity contribution >= 4 is 5.91 Å². The van der Waals surface area contributed by atoms with E-state index >= 15 is 0 Å². The lowest BCUT2D eigenvalue weighted by atomic mass is 9.88. The minimum atomic E-state index is -0.0895. The Morgan fingerprint density at radius 3 is 1.40 bits per heavy atom. The Hall–Kier alpha value is -4.05. The van der Waals surface area contributed by atoms with Gasteiger partial charge in [-0.25, -0.2) is 0 Å². The maximum absolute atomic E-state index is 13.8. The zero-order chi connectivity index (χ0) is 24.5. The van der Waals surface area contributed by atoms with Gasteiger partial charge in [0.25, 0.3) is 0 Å². The summed E-state index contributed by atoms with van der Waals surface area (Å²) in [6.45, 7) is 1.12. The van der Waals surface area contributed by atoms with Gasteiger partial charge in [0.15, 0.2) is 0 Å². The first-order chi connectivity index (χ1) is 17.2. The van der Waals surface area contributed by atoms with Crippen molar-refractivity contribution in [3.8, 4) is 11.5 Å². The molecule has 4 aromatic rings. The fraction of sp³-hybridized carbons (Fsp3) is 0.194. The average Bonchev–Trinajstić information content (AvgIpc) is 2.92. The van der Waals surface area contributed by atoms with Crippen molar-refractivity contribution in [2.24, 2.45) is 0 Å². The molecule has 0 fully saturated rings. The Balaban J connectivity index is 1.63. The molecule has 0 N–H and O–H groups in total. The number of rotatable bonds is 10. The van der Waals surface area contributed by atoms with Crippen LogP contribution in [0.3, 0.4) is 0 Å². The summed E-state index contributed by atoms with van der Waals surface area (Å²) in [4.78, 5) is 15.8. The van der Waals surface area contributed by atoms with E-state index in [1.54, 1.807) is 14.2 Å². The van der Waals surface area contributed by atoms with E-state index in [0.717, 1.165) is 33.8 Å². The largest absolute Gasteiger partial charge is 0.497 e. The first-order valence-corrected chi connectivity index (χ1v) is 11.8. The maximum Gasteiger partial charge on any atom is 0.224 e. The zero-order valence-corrected chi connectivity index (χ0v) is 20.3. The molecule has 35 heavy (non-hydrogen) atoms. The van der Waals surface area contributed by atoms with Crippen LogP contribution in [0.2, 0.25) is 0 Å². The molecule has 0 saturated heterocycles. The van der Waals surface area contributed by atoms with E-state index in [4.69, 9.17) is 9.47 Å². The van der Waals surface area contributed by atoms with Crippen LogP contribution in [0.15, 0.2) is 109 Å². The second-order valence-corrected chi connectivity index (χ2v) is 8.52. The van der Waals surface area contributed by atoms with Crippen molar-refractivity contribution < 1.29 is 14.3 Å². The van der Waals surface area contributed by atoms with Gasteiger partial charge in [-0.3, -0.25) is 4.79 Å². The highest BCUT2D eigenvalue weighted by molar-refractivity contribution is 5.78. The third-order valence-corrected chi connectivity index (χ3v) is 6.20. The summed E-state index contributed by atoms with van der Waals surface area (Å²) >= 11 is 0. The third kappa shape index (κ3) is 6.51. The van der Waals surface area contributed by atoms with Gasteiger partial charge in [0, 0.05) is 25.4 Å². The van der Waals surface area contributed by atoms with Gasteiger partial charge < -0.3 is 14.4 Å². The molecule has 0 aliphatic rings. The van der Waals surface area contributed by atoms with Gasteiger partial charge >= 0.3 is 0 Å². The second-order valence-electron chi connectivity index (χ2n) is 8.52. The van der Waals surface area contributed by atoms with Crippen LogP contribution in [0, 0.1) is 0 Å². The van der Waals surface area contributed by atoms with Crippen LogP contribution in [0.1, 0.15) is 34.6 Å².